The lowest BCUT2D eigenvalue weighted by atomic mass is 10.0. The van der Waals surface area contributed by atoms with Crippen LogP contribution in [0.2, 0.25) is 0 Å². The zero-order chi connectivity index (χ0) is 17.7. The fraction of sp³-hybridized carbons (Fsp3) is 0.235. The van der Waals surface area contributed by atoms with Crippen LogP contribution in [0.5, 0.6) is 0 Å². The van der Waals surface area contributed by atoms with Gasteiger partial charge in [0.1, 0.15) is 5.82 Å². The normalized spacial score (nSPS) is 13.1. The molecule has 0 aliphatic carbocycles. The van der Waals surface area contributed by atoms with E-state index in [1.54, 1.807) is 6.92 Å². The highest BCUT2D eigenvalue weighted by Crippen LogP contribution is 2.19. The minimum absolute atomic E-state index is 0.165. The molecule has 7 heteroatoms. The van der Waals surface area contributed by atoms with Crippen LogP contribution in [0.1, 0.15) is 35.4 Å². The largest absolute Gasteiger partial charge is 0.388 e. The van der Waals surface area contributed by atoms with Crippen molar-refractivity contribution in [1.29, 1.82) is 0 Å². The summed E-state index contributed by atoms with van der Waals surface area (Å²) in [6.45, 7) is 1.71. The molecular formula is C17H17FN2O4. The second kappa shape index (κ2) is 7.65. The third-order valence-electron chi connectivity index (χ3n) is 3.53. The predicted molar refractivity (Wildman–Crippen MR) is 86.0 cm³/mol. The number of nitro benzene ring substituents is 1. The van der Waals surface area contributed by atoms with Crippen LogP contribution in [0, 0.1) is 15.9 Å². The summed E-state index contributed by atoms with van der Waals surface area (Å²) in [6, 6.07) is 10.5. The number of hydrogen-bond acceptors (Lipinski definition) is 4. The van der Waals surface area contributed by atoms with Crippen LogP contribution >= 0.6 is 0 Å². The number of aliphatic hydroxyl groups excluding tert-OH is 1. The molecule has 2 N–H and O–H groups in total. The van der Waals surface area contributed by atoms with Crippen LogP contribution in [0.15, 0.2) is 48.5 Å². The zero-order valence-corrected chi connectivity index (χ0v) is 13.0. The summed E-state index contributed by atoms with van der Waals surface area (Å²) in [5.74, 6) is -0.851. The third kappa shape index (κ3) is 4.60. The molecule has 0 radical (unpaired) electrons. The molecule has 0 saturated heterocycles. The first-order valence-electron chi connectivity index (χ1n) is 7.35. The van der Waals surface area contributed by atoms with Gasteiger partial charge in [0, 0.05) is 23.7 Å². The first kappa shape index (κ1) is 17.6. The maximum atomic E-state index is 12.9. The minimum atomic E-state index is -0.856. The molecule has 0 saturated carbocycles. The topological polar surface area (TPSA) is 92.5 Å². The second-order valence-electron chi connectivity index (χ2n) is 5.48. The quantitative estimate of drug-likeness (QED) is 0.628. The van der Waals surface area contributed by atoms with Crippen molar-refractivity contribution in [1.82, 2.24) is 5.32 Å². The number of carbonyl (C=O) groups is 1. The summed E-state index contributed by atoms with van der Waals surface area (Å²) >= 11 is 0. The van der Waals surface area contributed by atoms with E-state index in [0.29, 0.717) is 5.56 Å². The van der Waals surface area contributed by atoms with Crippen molar-refractivity contribution in [2.24, 2.45) is 0 Å². The van der Waals surface area contributed by atoms with E-state index < -0.39 is 22.8 Å². The van der Waals surface area contributed by atoms with Gasteiger partial charge in [-0.25, -0.2) is 4.39 Å². The lowest BCUT2D eigenvalue weighted by Gasteiger charge is -2.18. The van der Waals surface area contributed by atoms with Gasteiger partial charge in [0.05, 0.1) is 11.0 Å². The van der Waals surface area contributed by atoms with E-state index in [-0.39, 0.29) is 23.7 Å². The van der Waals surface area contributed by atoms with E-state index in [1.807, 2.05) is 0 Å². The first-order valence-corrected chi connectivity index (χ1v) is 7.35. The number of hydrogen-bond donors (Lipinski definition) is 2. The smallest absolute Gasteiger partial charge is 0.270 e. The van der Waals surface area contributed by atoms with E-state index in [0.717, 1.165) is 0 Å². The van der Waals surface area contributed by atoms with Crippen LogP contribution < -0.4 is 5.32 Å². The molecule has 6 nitrogen and oxygen atoms in total. The Labute approximate surface area is 138 Å². The van der Waals surface area contributed by atoms with Gasteiger partial charge in [0.25, 0.3) is 11.6 Å². The number of non-ortho nitro benzene ring substituents is 1. The molecule has 2 unspecified atom stereocenters. The van der Waals surface area contributed by atoms with Gasteiger partial charge < -0.3 is 10.4 Å². The molecule has 0 aliphatic rings. The molecule has 2 aromatic carbocycles. The SMILES string of the molecule is CC(CC(O)c1ccc(F)cc1)NC(=O)c1cccc([N+](=O)[O-])c1. The van der Waals surface area contributed by atoms with Crippen molar-refractivity contribution >= 4 is 11.6 Å². The van der Waals surface area contributed by atoms with Crippen LogP contribution in [0.4, 0.5) is 10.1 Å². The highest BCUT2D eigenvalue weighted by atomic mass is 19.1. The van der Waals surface area contributed by atoms with E-state index >= 15 is 0 Å². The number of halogens is 1. The minimum Gasteiger partial charge on any atom is -0.388 e. The molecule has 0 bridgehead atoms. The summed E-state index contributed by atoms with van der Waals surface area (Å²) < 4.78 is 12.9. The predicted octanol–water partition coefficient (Wildman–Crippen LogP) is 2.98. The summed E-state index contributed by atoms with van der Waals surface area (Å²) in [7, 11) is 0. The average molecular weight is 332 g/mol. The Hall–Kier alpha value is -2.80. The Morgan fingerprint density at radius 2 is 1.96 bits per heavy atom. The summed E-state index contributed by atoms with van der Waals surface area (Å²) in [5, 5.41) is 23.5. The van der Waals surface area contributed by atoms with Crippen LogP contribution in [-0.2, 0) is 0 Å². The van der Waals surface area contributed by atoms with Crippen molar-refractivity contribution in [3.63, 3.8) is 0 Å². The molecule has 0 aliphatic heterocycles. The van der Waals surface area contributed by atoms with Gasteiger partial charge in [-0.3, -0.25) is 14.9 Å². The van der Waals surface area contributed by atoms with Crippen molar-refractivity contribution in [3.05, 3.63) is 75.6 Å². The Morgan fingerprint density at radius 3 is 2.58 bits per heavy atom. The van der Waals surface area contributed by atoms with Crippen molar-refractivity contribution in [2.75, 3.05) is 0 Å². The zero-order valence-electron chi connectivity index (χ0n) is 13.0. The van der Waals surface area contributed by atoms with E-state index in [9.17, 15) is 24.4 Å². The fourth-order valence-electron chi connectivity index (χ4n) is 2.28. The number of benzene rings is 2. The fourth-order valence-corrected chi connectivity index (χ4v) is 2.28. The molecule has 1 amide bonds. The van der Waals surface area contributed by atoms with Crippen LogP contribution in [0.3, 0.4) is 0 Å². The van der Waals surface area contributed by atoms with Gasteiger partial charge in [-0.1, -0.05) is 18.2 Å². The Bertz CT molecular complexity index is 734. The Kier molecular flexibility index (Phi) is 5.59. The van der Waals surface area contributed by atoms with Crippen LogP contribution in [0.25, 0.3) is 0 Å². The number of carbonyl (C=O) groups excluding carboxylic acids is 1. The van der Waals surface area contributed by atoms with Gasteiger partial charge in [-0.15, -0.1) is 0 Å². The molecule has 0 heterocycles. The Balaban J connectivity index is 1.97. The molecule has 0 fully saturated rings. The van der Waals surface area contributed by atoms with Crippen molar-refractivity contribution in [2.45, 2.75) is 25.5 Å². The van der Waals surface area contributed by atoms with Gasteiger partial charge in [0.15, 0.2) is 0 Å². The maximum Gasteiger partial charge on any atom is 0.270 e. The monoisotopic (exact) mass is 332 g/mol. The highest BCUT2D eigenvalue weighted by molar-refractivity contribution is 5.94. The number of nitro groups is 1. The highest BCUT2D eigenvalue weighted by Gasteiger charge is 2.17. The number of aliphatic hydroxyl groups is 1. The van der Waals surface area contributed by atoms with Crippen molar-refractivity contribution in [3.8, 4) is 0 Å². The van der Waals surface area contributed by atoms with Gasteiger partial charge in [0.2, 0.25) is 0 Å². The number of amides is 1. The number of rotatable bonds is 6. The van der Waals surface area contributed by atoms with Gasteiger partial charge in [-0.05, 0) is 37.1 Å². The maximum absolute atomic E-state index is 12.9. The van der Waals surface area contributed by atoms with E-state index in [2.05, 4.69) is 5.32 Å². The number of nitrogens with one attached hydrogen (secondary N) is 1. The first-order chi connectivity index (χ1) is 11.4. The van der Waals surface area contributed by atoms with Gasteiger partial charge >= 0.3 is 0 Å². The summed E-state index contributed by atoms with van der Waals surface area (Å²) in [6.07, 6.45) is -0.627. The molecule has 2 rings (SSSR count). The molecule has 2 atom stereocenters. The molecule has 0 aromatic heterocycles. The lowest BCUT2D eigenvalue weighted by Crippen LogP contribution is -2.33. The summed E-state index contributed by atoms with van der Waals surface area (Å²) in [4.78, 5) is 22.3. The average Bonchev–Trinajstić information content (AvgIpc) is 2.55. The third-order valence-corrected chi connectivity index (χ3v) is 3.53. The van der Waals surface area contributed by atoms with Crippen molar-refractivity contribution < 1.29 is 19.2 Å². The standard InChI is InChI=1S/C17H17FN2O4/c1-11(9-16(21)12-5-7-14(18)8-6-12)19-17(22)13-3-2-4-15(10-13)20(23)24/h2-8,10-11,16,21H,9H2,1H3,(H,19,22). The summed E-state index contributed by atoms with van der Waals surface area (Å²) in [5.41, 5.74) is 0.557. The molecule has 0 spiro atoms. The molecule has 126 valence electrons. The van der Waals surface area contributed by atoms with Gasteiger partial charge in [-0.2, -0.15) is 0 Å². The molecular weight excluding hydrogens is 315 g/mol. The van der Waals surface area contributed by atoms with E-state index in [1.165, 1.54) is 48.5 Å². The van der Waals surface area contributed by atoms with Crippen LogP contribution in [-0.4, -0.2) is 22.0 Å². The second-order valence-corrected chi connectivity index (χ2v) is 5.48. The molecule has 2 aromatic rings. The lowest BCUT2D eigenvalue weighted by molar-refractivity contribution is -0.384. The number of nitrogens with zero attached hydrogens (tertiary/aromatic N) is 1. The molecule has 24 heavy (non-hydrogen) atoms. The van der Waals surface area contributed by atoms with E-state index in [4.69, 9.17) is 0 Å². The Morgan fingerprint density at radius 1 is 1.29 bits per heavy atom.